The van der Waals surface area contributed by atoms with Crippen molar-refractivity contribution in [1.82, 2.24) is 0 Å². The maximum atomic E-state index is 11.3. The summed E-state index contributed by atoms with van der Waals surface area (Å²) in [7, 11) is 0. The van der Waals surface area contributed by atoms with Crippen LogP contribution in [-0.2, 0) is 28.6 Å². The molecule has 1 heterocycles. The summed E-state index contributed by atoms with van der Waals surface area (Å²) >= 11 is 0. The average molecular weight is 348 g/mol. The first-order valence-corrected chi connectivity index (χ1v) is 7.60. The van der Waals surface area contributed by atoms with Gasteiger partial charge < -0.3 is 29.5 Å². The molecule has 1 fully saturated rings. The number of ether oxygens (including phenoxy) is 3. The lowest BCUT2D eigenvalue weighted by atomic mass is 9.81. The van der Waals surface area contributed by atoms with Crippen LogP contribution in [0, 0.1) is 11.8 Å². The van der Waals surface area contributed by atoms with E-state index in [0.29, 0.717) is 0 Å². The van der Waals surface area contributed by atoms with E-state index < -0.39 is 60.3 Å². The van der Waals surface area contributed by atoms with E-state index >= 15 is 0 Å². The van der Waals surface area contributed by atoms with Crippen LogP contribution in [0.3, 0.4) is 0 Å². The Morgan fingerprint density at radius 2 is 1.88 bits per heavy atom. The minimum absolute atomic E-state index is 0.246. The number of carboxylic acid groups (broad SMARTS) is 1. The Morgan fingerprint density at radius 3 is 2.33 bits per heavy atom. The molecule has 1 aliphatic rings. The summed E-state index contributed by atoms with van der Waals surface area (Å²) in [5, 5.41) is 29.3. The van der Waals surface area contributed by atoms with Gasteiger partial charge in [-0.15, -0.1) is 0 Å². The minimum Gasteiger partial charge on any atom is -0.477 e. The van der Waals surface area contributed by atoms with E-state index in [-0.39, 0.29) is 6.61 Å². The molecule has 9 heteroatoms. The Kier molecular flexibility index (Phi) is 6.70. The Bertz CT molecular complexity index is 491. The molecule has 9 nitrogen and oxygen atoms in total. The predicted octanol–water partition coefficient (Wildman–Crippen LogP) is -0.324. The number of aliphatic hydroxyl groups excluding tert-OH is 1. The van der Waals surface area contributed by atoms with E-state index in [9.17, 15) is 24.6 Å². The van der Waals surface area contributed by atoms with Gasteiger partial charge in [0, 0.05) is 32.1 Å². The topological polar surface area (TPSA) is 140 Å². The lowest BCUT2D eigenvalue weighted by molar-refractivity contribution is -0.295. The van der Waals surface area contributed by atoms with Crippen molar-refractivity contribution in [2.75, 3.05) is 6.61 Å². The van der Waals surface area contributed by atoms with Gasteiger partial charge in [-0.1, -0.05) is 13.8 Å². The lowest BCUT2D eigenvalue weighted by Crippen LogP contribution is -2.58. The number of aliphatic hydroxyl groups is 2. The van der Waals surface area contributed by atoms with Crippen molar-refractivity contribution in [3.63, 3.8) is 0 Å². The van der Waals surface area contributed by atoms with Crippen LogP contribution in [0.1, 0.15) is 34.1 Å². The fourth-order valence-corrected chi connectivity index (χ4v) is 2.71. The highest BCUT2D eigenvalue weighted by Crippen LogP contribution is 2.36. The third kappa shape index (κ3) is 4.89. The van der Waals surface area contributed by atoms with E-state index in [1.54, 1.807) is 13.8 Å². The van der Waals surface area contributed by atoms with Crippen molar-refractivity contribution in [2.24, 2.45) is 11.8 Å². The van der Waals surface area contributed by atoms with Gasteiger partial charge >= 0.3 is 17.9 Å². The molecule has 3 N–H and O–H groups in total. The van der Waals surface area contributed by atoms with Crippen LogP contribution in [0.25, 0.3) is 0 Å². The lowest BCUT2D eigenvalue weighted by Gasteiger charge is -2.44. The van der Waals surface area contributed by atoms with Crippen LogP contribution in [0.15, 0.2) is 0 Å². The van der Waals surface area contributed by atoms with E-state index in [2.05, 4.69) is 0 Å². The molecule has 6 atom stereocenters. The minimum atomic E-state index is -2.53. The third-order valence-electron chi connectivity index (χ3n) is 4.15. The van der Waals surface area contributed by atoms with Crippen molar-refractivity contribution < 1.29 is 43.9 Å². The molecule has 1 saturated heterocycles. The molecule has 0 saturated carbocycles. The summed E-state index contributed by atoms with van der Waals surface area (Å²) in [5.74, 6) is -6.52. The van der Waals surface area contributed by atoms with E-state index in [4.69, 9.17) is 19.3 Å². The Balaban J connectivity index is 2.99. The molecule has 1 aliphatic heterocycles. The number of aliphatic carboxylic acids is 1. The normalized spacial score (nSPS) is 32.5. The summed E-state index contributed by atoms with van der Waals surface area (Å²) in [5.41, 5.74) is 0. The van der Waals surface area contributed by atoms with Crippen molar-refractivity contribution >= 4 is 17.9 Å². The van der Waals surface area contributed by atoms with Gasteiger partial charge in [0.05, 0.1) is 12.2 Å². The Labute approximate surface area is 139 Å². The fraction of sp³-hybridized carbons (Fsp3) is 0.800. The van der Waals surface area contributed by atoms with Crippen LogP contribution in [0.4, 0.5) is 0 Å². The number of esters is 2. The van der Waals surface area contributed by atoms with Crippen LogP contribution >= 0.6 is 0 Å². The van der Waals surface area contributed by atoms with E-state index in [1.807, 2.05) is 0 Å². The van der Waals surface area contributed by atoms with Crippen molar-refractivity contribution in [3.8, 4) is 0 Å². The first kappa shape index (κ1) is 20.3. The molecule has 0 bridgehead atoms. The maximum Gasteiger partial charge on any atom is 0.364 e. The highest BCUT2D eigenvalue weighted by molar-refractivity contribution is 5.75. The molecule has 138 valence electrons. The second kappa shape index (κ2) is 7.91. The van der Waals surface area contributed by atoms with Gasteiger partial charge in [-0.05, 0) is 0 Å². The molecule has 0 radical (unpaired) electrons. The second-order valence-corrected chi connectivity index (χ2v) is 6.11. The first-order chi connectivity index (χ1) is 11.0. The van der Waals surface area contributed by atoms with E-state index in [0.717, 1.165) is 0 Å². The van der Waals surface area contributed by atoms with Gasteiger partial charge in [0.25, 0.3) is 5.79 Å². The molecule has 0 aromatic carbocycles. The van der Waals surface area contributed by atoms with Crippen molar-refractivity contribution in [1.29, 1.82) is 0 Å². The molecular weight excluding hydrogens is 324 g/mol. The standard InChI is InChI=1S/C15H24O9/c1-7-11(18)5-15(21,14(19)20)24-13(7)8(2)12(23-10(4)17)6-22-9(3)16/h7-8,11-13,18,21H,5-6H2,1-4H3,(H,19,20). The number of carboxylic acids is 1. The van der Waals surface area contributed by atoms with Gasteiger partial charge in [0.15, 0.2) is 0 Å². The highest BCUT2D eigenvalue weighted by Gasteiger charge is 2.51. The van der Waals surface area contributed by atoms with Gasteiger partial charge in [-0.3, -0.25) is 9.59 Å². The zero-order valence-electron chi connectivity index (χ0n) is 14.1. The smallest absolute Gasteiger partial charge is 0.364 e. The summed E-state index contributed by atoms with van der Waals surface area (Å²) in [6.07, 6.45) is -3.45. The largest absolute Gasteiger partial charge is 0.477 e. The molecule has 0 aromatic rings. The average Bonchev–Trinajstić information content (AvgIpc) is 2.46. The maximum absolute atomic E-state index is 11.3. The number of hydrogen-bond acceptors (Lipinski definition) is 8. The van der Waals surface area contributed by atoms with Gasteiger partial charge in [0.1, 0.15) is 12.7 Å². The molecule has 6 unspecified atom stereocenters. The molecule has 0 aliphatic carbocycles. The Morgan fingerprint density at radius 1 is 1.29 bits per heavy atom. The van der Waals surface area contributed by atoms with Crippen molar-refractivity contribution in [3.05, 3.63) is 0 Å². The van der Waals surface area contributed by atoms with Crippen LogP contribution in [0.2, 0.25) is 0 Å². The zero-order valence-corrected chi connectivity index (χ0v) is 14.1. The summed E-state index contributed by atoms with van der Waals surface area (Å²) in [6.45, 7) is 5.36. The monoisotopic (exact) mass is 348 g/mol. The third-order valence-corrected chi connectivity index (χ3v) is 4.15. The summed E-state index contributed by atoms with van der Waals surface area (Å²) < 4.78 is 15.3. The number of hydrogen-bond donors (Lipinski definition) is 3. The predicted molar refractivity (Wildman–Crippen MR) is 78.6 cm³/mol. The molecule has 0 spiro atoms. The molecule has 0 aromatic heterocycles. The summed E-state index contributed by atoms with van der Waals surface area (Å²) in [6, 6.07) is 0. The quantitative estimate of drug-likeness (QED) is 0.551. The van der Waals surface area contributed by atoms with Gasteiger partial charge in [0.2, 0.25) is 0 Å². The van der Waals surface area contributed by atoms with Gasteiger partial charge in [-0.25, -0.2) is 4.79 Å². The van der Waals surface area contributed by atoms with E-state index in [1.165, 1.54) is 13.8 Å². The van der Waals surface area contributed by atoms with Crippen LogP contribution in [-0.4, -0.2) is 63.9 Å². The van der Waals surface area contributed by atoms with Crippen molar-refractivity contribution in [2.45, 2.75) is 58.2 Å². The number of carbonyl (C=O) groups is 3. The number of carbonyl (C=O) groups excluding carboxylic acids is 2. The SMILES string of the molecule is CC(=O)OCC(OC(C)=O)C(C)C1OC(O)(C(=O)O)CC(O)C1C. The molecular formula is C15H24O9. The first-order valence-electron chi connectivity index (χ1n) is 7.60. The molecule has 0 amide bonds. The summed E-state index contributed by atoms with van der Waals surface area (Å²) in [4.78, 5) is 33.5. The highest BCUT2D eigenvalue weighted by atomic mass is 16.7. The van der Waals surface area contributed by atoms with Crippen LogP contribution < -0.4 is 0 Å². The number of rotatable bonds is 6. The van der Waals surface area contributed by atoms with Gasteiger partial charge in [-0.2, -0.15) is 0 Å². The molecule has 24 heavy (non-hydrogen) atoms. The van der Waals surface area contributed by atoms with Crippen LogP contribution in [0.5, 0.6) is 0 Å². The molecule has 1 rings (SSSR count). The second-order valence-electron chi connectivity index (χ2n) is 6.11. The Hall–Kier alpha value is -1.71. The fourth-order valence-electron chi connectivity index (χ4n) is 2.71. The zero-order chi connectivity index (χ0) is 18.7.